The van der Waals surface area contributed by atoms with E-state index in [-0.39, 0.29) is 5.92 Å². The second-order valence-electron chi connectivity index (χ2n) is 11.3. The van der Waals surface area contributed by atoms with Gasteiger partial charge in [-0.3, -0.25) is 0 Å². The van der Waals surface area contributed by atoms with Crippen molar-refractivity contribution in [1.29, 1.82) is 0 Å². The molecule has 3 aromatic heterocycles. The molecule has 0 radical (unpaired) electrons. The third-order valence-corrected chi connectivity index (χ3v) is 8.37. The van der Waals surface area contributed by atoms with Crippen LogP contribution in [0.1, 0.15) is 58.2 Å². The summed E-state index contributed by atoms with van der Waals surface area (Å²) in [6.45, 7) is 9.83. The zero-order valence-corrected chi connectivity index (χ0v) is 24.5. The number of aryl methyl sites for hydroxylation is 4. The number of aromatic nitrogens is 3. The van der Waals surface area contributed by atoms with Crippen LogP contribution >= 0.6 is 0 Å². The molecule has 0 amide bonds. The van der Waals surface area contributed by atoms with Gasteiger partial charge in [0.2, 0.25) is 0 Å². The normalized spacial score (nSPS) is 15.3. The molecule has 0 N–H and O–H groups in total. The van der Waals surface area contributed by atoms with Crippen LogP contribution in [0.3, 0.4) is 0 Å². The van der Waals surface area contributed by atoms with Crippen LogP contribution in [-0.4, -0.2) is 33.1 Å². The van der Waals surface area contributed by atoms with Gasteiger partial charge in [0, 0.05) is 41.5 Å². The predicted octanol–water partition coefficient (Wildman–Crippen LogP) is 7.79. The molecular formula is C36H39N3O2. The van der Waals surface area contributed by atoms with Crippen molar-refractivity contribution in [2.75, 3.05) is 13.2 Å². The molecule has 4 heterocycles. The van der Waals surface area contributed by atoms with E-state index in [9.17, 15) is 0 Å². The van der Waals surface area contributed by atoms with Gasteiger partial charge in [-0.25, -0.2) is 4.98 Å². The van der Waals surface area contributed by atoms with Crippen molar-refractivity contribution in [3.05, 3.63) is 137 Å². The Hall–Kier alpha value is -3.93. The summed E-state index contributed by atoms with van der Waals surface area (Å²) >= 11 is 0. The van der Waals surface area contributed by atoms with E-state index in [1.807, 2.05) is 0 Å². The van der Waals surface area contributed by atoms with Gasteiger partial charge in [0.25, 0.3) is 0 Å². The number of benzene rings is 2. The van der Waals surface area contributed by atoms with Crippen molar-refractivity contribution >= 4 is 0 Å². The lowest BCUT2D eigenvalue weighted by Crippen LogP contribution is -2.33. The summed E-state index contributed by atoms with van der Waals surface area (Å²) in [5.74, 6) is 1.41. The molecule has 0 spiro atoms. The van der Waals surface area contributed by atoms with E-state index in [0.717, 1.165) is 30.9 Å². The third-order valence-electron chi connectivity index (χ3n) is 8.37. The van der Waals surface area contributed by atoms with Crippen LogP contribution in [0.2, 0.25) is 0 Å². The number of hydrogen-bond donors (Lipinski definition) is 0. The second-order valence-corrected chi connectivity index (χ2v) is 11.3. The fourth-order valence-corrected chi connectivity index (χ4v) is 6.33. The minimum Gasteiger partial charge on any atom is -0.347 e. The summed E-state index contributed by atoms with van der Waals surface area (Å²) < 4.78 is 17.2. The van der Waals surface area contributed by atoms with Gasteiger partial charge in [-0.05, 0) is 87.2 Å². The van der Waals surface area contributed by atoms with Crippen LogP contribution in [0, 0.1) is 27.7 Å². The minimum absolute atomic E-state index is 0.143. The van der Waals surface area contributed by atoms with E-state index in [1.54, 1.807) is 0 Å². The molecule has 5 heteroatoms. The van der Waals surface area contributed by atoms with Crippen molar-refractivity contribution in [3.8, 4) is 11.6 Å². The summed E-state index contributed by atoms with van der Waals surface area (Å²) in [5.41, 5.74) is 8.44. The Morgan fingerprint density at radius 3 is 1.66 bits per heavy atom. The van der Waals surface area contributed by atoms with Gasteiger partial charge in [-0.1, -0.05) is 60.7 Å². The van der Waals surface area contributed by atoms with Crippen LogP contribution in [0.15, 0.2) is 97.1 Å². The maximum Gasteiger partial charge on any atom is 0.172 e. The lowest BCUT2D eigenvalue weighted by molar-refractivity contribution is -0.162. The first-order valence-electron chi connectivity index (χ1n) is 14.6. The van der Waals surface area contributed by atoms with Crippen molar-refractivity contribution in [1.82, 2.24) is 14.1 Å². The molecule has 1 aliphatic rings. The molecule has 0 saturated carbocycles. The molecule has 0 aliphatic carbocycles. The van der Waals surface area contributed by atoms with Crippen molar-refractivity contribution < 1.29 is 9.47 Å². The standard InChI is InChI=1S/C36H39N3O2/c1-26-15-16-27(2)38(26)34-23-32(24-35(37-34)39-28(3)17-18-29(39)4)33(31-13-9-6-10-14-31)19-20-36(40-21-22-41-36)25-30-11-7-5-8-12-30/h5-18,23-24,33H,19-22,25H2,1-4H3. The Labute approximate surface area is 243 Å². The van der Waals surface area contributed by atoms with E-state index in [4.69, 9.17) is 14.5 Å². The topological polar surface area (TPSA) is 41.2 Å². The van der Waals surface area contributed by atoms with Gasteiger partial charge in [0.05, 0.1) is 13.2 Å². The van der Waals surface area contributed by atoms with Crippen LogP contribution in [0.25, 0.3) is 11.6 Å². The number of ether oxygens (including phenoxy) is 2. The Morgan fingerprint density at radius 2 is 1.15 bits per heavy atom. The summed E-state index contributed by atoms with van der Waals surface area (Å²) in [7, 11) is 0. The Bertz CT molecular complexity index is 1510. The quantitative estimate of drug-likeness (QED) is 0.190. The minimum atomic E-state index is -0.617. The number of nitrogens with zero attached hydrogens (tertiary/aromatic N) is 3. The first-order chi connectivity index (χ1) is 19.9. The van der Waals surface area contributed by atoms with Crippen LogP contribution in [0.4, 0.5) is 0 Å². The predicted molar refractivity (Wildman–Crippen MR) is 164 cm³/mol. The van der Waals surface area contributed by atoms with Gasteiger partial charge in [-0.15, -0.1) is 0 Å². The largest absolute Gasteiger partial charge is 0.347 e. The van der Waals surface area contributed by atoms with E-state index in [1.165, 1.54) is 39.5 Å². The molecule has 41 heavy (non-hydrogen) atoms. The first kappa shape index (κ1) is 27.3. The van der Waals surface area contributed by atoms with Crippen molar-refractivity contribution in [2.45, 2.75) is 58.7 Å². The summed E-state index contributed by atoms with van der Waals surface area (Å²) in [6, 6.07) is 34.6. The van der Waals surface area contributed by atoms with Crippen LogP contribution < -0.4 is 0 Å². The van der Waals surface area contributed by atoms with E-state index in [2.05, 4.69) is 134 Å². The van der Waals surface area contributed by atoms with Crippen LogP contribution in [-0.2, 0) is 15.9 Å². The smallest absolute Gasteiger partial charge is 0.172 e. The van der Waals surface area contributed by atoms with Crippen LogP contribution in [0.5, 0.6) is 0 Å². The van der Waals surface area contributed by atoms with Crippen molar-refractivity contribution in [2.24, 2.45) is 0 Å². The monoisotopic (exact) mass is 545 g/mol. The highest BCUT2D eigenvalue weighted by atomic mass is 16.7. The molecule has 1 unspecified atom stereocenters. The SMILES string of the molecule is Cc1ccc(C)n1-c1cc(C(CCC2(Cc3ccccc3)OCCO2)c2ccccc2)cc(-n2c(C)ccc2C)n1. The number of rotatable bonds is 9. The van der Waals surface area contributed by atoms with Gasteiger partial charge >= 0.3 is 0 Å². The molecule has 6 rings (SSSR count). The molecule has 5 nitrogen and oxygen atoms in total. The van der Waals surface area contributed by atoms with Gasteiger partial charge < -0.3 is 18.6 Å². The van der Waals surface area contributed by atoms with Gasteiger partial charge in [-0.2, -0.15) is 0 Å². The Kier molecular flexibility index (Phi) is 7.65. The molecule has 1 atom stereocenters. The molecule has 2 aromatic carbocycles. The highest BCUT2D eigenvalue weighted by Crippen LogP contribution is 2.37. The zero-order valence-electron chi connectivity index (χ0n) is 24.5. The lowest BCUT2D eigenvalue weighted by Gasteiger charge is -2.30. The molecule has 1 saturated heterocycles. The van der Waals surface area contributed by atoms with E-state index < -0.39 is 5.79 Å². The van der Waals surface area contributed by atoms with Crippen molar-refractivity contribution in [3.63, 3.8) is 0 Å². The van der Waals surface area contributed by atoms with Gasteiger partial charge in [0.1, 0.15) is 11.6 Å². The highest BCUT2D eigenvalue weighted by Gasteiger charge is 2.37. The van der Waals surface area contributed by atoms with E-state index in [0.29, 0.717) is 13.2 Å². The van der Waals surface area contributed by atoms with Gasteiger partial charge in [0.15, 0.2) is 5.79 Å². The fraction of sp³-hybridized carbons (Fsp3) is 0.306. The molecule has 1 aliphatic heterocycles. The lowest BCUT2D eigenvalue weighted by atomic mass is 9.85. The van der Waals surface area contributed by atoms with E-state index >= 15 is 0 Å². The average Bonchev–Trinajstić information content (AvgIpc) is 3.68. The first-order valence-corrected chi connectivity index (χ1v) is 14.6. The summed E-state index contributed by atoms with van der Waals surface area (Å²) in [5, 5.41) is 0. The highest BCUT2D eigenvalue weighted by molar-refractivity contribution is 5.46. The molecular weight excluding hydrogens is 506 g/mol. The maximum atomic E-state index is 6.35. The second kappa shape index (κ2) is 11.5. The third kappa shape index (κ3) is 5.65. The Morgan fingerprint density at radius 1 is 0.659 bits per heavy atom. The molecule has 5 aromatic rings. The Balaban J connectivity index is 1.44. The maximum absolute atomic E-state index is 6.35. The average molecular weight is 546 g/mol. The fourth-order valence-electron chi connectivity index (χ4n) is 6.33. The summed E-state index contributed by atoms with van der Waals surface area (Å²) in [6.07, 6.45) is 2.41. The molecule has 1 fully saturated rings. The summed E-state index contributed by atoms with van der Waals surface area (Å²) in [4.78, 5) is 5.22. The molecule has 0 bridgehead atoms. The molecule has 210 valence electrons. The number of hydrogen-bond acceptors (Lipinski definition) is 3. The number of pyridine rings is 1. The zero-order chi connectivity index (χ0) is 28.4.